The Morgan fingerprint density at radius 3 is 2.59 bits per heavy atom. The molecule has 0 saturated carbocycles. The molecular formula is C15H17BrO. The molecule has 0 N–H and O–H groups in total. The Kier molecular flexibility index (Phi) is 4.43. The van der Waals surface area contributed by atoms with Gasteiger partial charge in [0.15, 0.2) is 0 Å². The number of aryl methyl sites for hydroxylation is 2. The van der Waals surface area contributed by atoms with Crippen LogP contribution in [0.25, 0.3) is 0 Å². The Morgan fingerprint density at radius 2 is 1.94 bits per heavy atom. The molecule has 0 aliphatic heterocycles. The Morgan fingerprint density at radius 1 is 1.18 bits per heavy atom. The van der Waals surface area contributed by atoms with Crippen molar-refractivity contribution in [3.05, 3.63) is 59.5 Å². The summed E-state index contributed by atoms with van der Waals surface area (Å²) in [4.78, 5) is 0.510. The van der Waals surface area contributed by atoms with E-state index in [1.807, 2.05) is 12.1 Å². The summed E-state index contributed by atoms with van der Waals surface area (Å²) in [5, 5.41) is 0. The van der Waals surface area contributed by atoms with Gasteiger partial charge < -0.3 is 4.42 Å². The fraction of sp³-hybridized carbons (Fsp3) is 0.333. The molecule has 90 valence electrons. The van der Waals surface area contributed by atoms with E-state index >= 15 is 0 Å². The van der Waals surface area contributed by atoms with Gasteiger partial charge in [-0.25, -0.2) is 0 Å². The average Bonchev–Trinajstić information content (AvgIpc) is 2.83. The molecular weight excluding hydrogens is 276 g/mol. The Bertz CT molecular complexity index is 430. The van der Waals surface area contributed by atoms with Crippen LogP contribution in [0.2, 0.25) is 0 Å². The van der Waals surface area contributed by atoms with Gasteiger partial charge in [-0.2, -0.15) is 0 Å². The van der Waals surface area contributed by atoms with E-state index in [0.717, 1.165) is 25.0 Å². The first-order valence-electron chi connectivity index (χ1n) is 5.96. The van der Waals surface area contributed by atoms with Crippen LogP contribution in [0.3, 0.4) is 0 Å². The van der Waals surface area contributed by atoms with Gasteiger partial charge in [0.25, 0.3) is 0 Å². The second-order valence-corrected chi connectivity index (χ2v) is 5.70. The van der Waals surface area contributed by atoms with Gasteiger partial charge >= 0.3 is 0 Å². The van der Waals surface area contributed by atoms with Crippen molar-refractivity contribution in [2.45, 2.75) is 31.0 Å². The van der Waals surface area contributed by atoms with Crippen LogP contribution >= 0.6 is 15.9 Å². The van der Waals surface area contributed by atoms with Crippen molar-refractivity contribution in [2.75, 3.05) is 0 Å². The van der Waals surface area contributed by atoms with E-state index in [1.54, 1.807) is 6.26 Å². The van der Waals surface area contributed by atoms with E-state index in [9.17, 15) is 0 Å². The summed E-state index contributed by atoms with van der Waals surface area (Å²) >= 11 is 3.74. The van der Waals surface area contributed by atoms with E-state index in [2.05, 4.69) is 47.1 Å². The molecule has 0 spiro atoms. The van der Waals surface area contributed by atoms with Crippen LogP contribution in [-0.2, 0) is 12.8 Å². The minimum absolute atomic E-state index is 0.510. The fourth-order valence-electron chi connectivity index (χ4n) is 1.84. The van der Waals surface area contributed by atoms with Crippen molar-refractivity contribution >= 4 is 15.9 Å². The highest BCUT2D eigenvalue weighted by molar-refractivity contribution is 9.09. The highest BCUT2D eigenvalue weighted by atomic mass is 79.9. The molecule has 0 fully saturated rings. The second kappa shape index (κ2) is 6.06. The summed E-state index contributed by atoms with van der Waals surface area (Å²) in [6.45, 7) is 2.12. The summed E-state index contributed by atoms with van der Waals surface area (Å²) < 4.78 is 5.33. The third-order valence-corrected chi connectivity index (χ3v) is 3.64. The SMILES string of the molecule is Cc1ccc(CC(Br)CCc2ccco2)cc1. The second-order valence-electron chi connectivity index (χ2n) is 4.41. The standard InChI is InChI=1S/C15H17BrO/c1-12-4-6-13(7-5-12)11-14(16)8-9-15-3-2-10-17-15/h2-7,10,14H,8-9,11H2,1H3. The molecule has 2 aromatic rings. The largest absolute Gasteiger partial charge is 0.469 e. The zero-order valence-electron chi connectivity index (χ0n) is 10.0. The van der Waals surface area contributed by atoms with Crippen LogP contribution in [0.1, 0.15) is 23.3 Å². The highest BCUT2D eigenvalue weighted by Crippen LogP contribution is 2.17. The summed E-state index contributed by atoms with van der Waals surface area (Å²) in [7, 11) is 0. The molecule has 17 heavy (non-hydrogen) atoms. The number of rotatable bonds is 5. The van der Waals surface area contributed by atoms with E-state index in [1.165, 1.54) is 11.1 Å². The van der Waals surface area contributed by atoms with Gasteiger partial charge in [0.05, 0.1) is 6.26 Å². The van der Waals surface area contributed by atoms with Gasteiger partial charge in [-0.15, -0.1) is 0 Å². The minimum atomic E-state index is 0.510. The van der Waals surface area contributed by atoms with Crippen molar-refractivity contribution < 1.29 is 4.42 Å². The van der Waals surface area contributed by atoms with E-state index in [0.29, 0.717) is 4.83 Å². The van der Waals surface area contributed by atoms with Gasteiger partial charge in [-0.05, 0) is 37.5 Å². The van der Waals surface area contributed by atoms with Crippen molar-refractivity contribution in [2.24, 2.45) is 0 Å². The monoisotopic (exact) mass is 292 g/mol. The molecule has 0 aliphatic rings. The molecule has 0 aliphatic carbocycles. The number of furan rings is 1. The number of alkyl halides is 1. The number of benzene rings is 1. The van der Waals surface area contributed by atoms with Crippen LogP contribution in [0.4, 0.5) is 0 Å². The molecule has 0 bridgehead atoms. The Labute approximate surface area is 111 Å². The van der Waals surface area contributed by atoms with Gasteiger partial charge in [0.1, 0.15) is 5.76 Å². The normalized spacial score (nSPS) is 12.6. The third kappa shape index (κ3) is 4.04. The lowest BCUT2D eigenvalue weighted by Gasteiger charge is -2.09. The van der Waals surface area contributed by atoms with Gasteiger partial charge in [-0.1, -0.05) is 45.8 Å². The van der Waals surface area contributed by atoms with Crippen molar-refractivity contribution in [1.29, 1.82) is 0 Å². The zero-order chi connectivity index (χ0) is 12.1. The lowest BCUT2D eigenvalue weighted by atomic mass is 10.1. The molecule has 0 saturated heterocycles. The Balaban J connectivity index is 1.80. The predicted octanol–water partition coefficient (Wildman–Crippen LogP) is 4.53. The molecule has 2 rings (SSSR count). The van der Waals surface area contributed by atoms with Gasteiger partial charge in [0, 0.05) is 11.2 Å². The summed E-state index contributed by atoms with van der Waals surface area (Å²) in [6, 6.07) is 12.7. The van der Waals surface area contributed by atoms with Crippen LogP contribution in [-0.4, -0.2) is 4.83 Å². The predicted molar refractivity (Wildman–Crippen MR) is 74.6 cm³/mol. The first kappa shape index (κ1) is 12.4. The van der Waals surface area contributed by atoms with Crippen LogP contribution in [0, 0.1) is 6.92 Å². The Hall–Kier alpha value is -1.02. The van der Waals surface area contributed by atoms with E-state index < -0.39 is 0 Å². The van der Waals surface area contributed by atoms with Crippen molar-refractivity contribution in [1.82, 2.24) is 0 Å². The molecule has 0 amide bonds. The lowest BCUT2D eigenvalue weighted by molar-refractivity contribution is 0.500. The van der Waals surface area contributed by atoms with Crippen LogP contribution in [0.15, 0.2) is 47.1 Å². The number of hydrogen-bond donors (Lipinski definition) is 0. The molecule has 1 aromatic carbocycles. The highest BCUT2D eigenvalue weighted by Gasteiger charge is 2.07. The molecule has 1 atom stereocenters. The molecule has 1 heterocycles. The quantitative estimate of drug-likeness (QED) is 0.738. The van der Waals surface area contributed by atoms with E-state index in [-0.39, 0.29) is 0 Å². The molecule has 1 aromatic heterocycles. The zero-order valence-corrected chi connectivity index (χ0v) is 11.6. The van der Waals surface area contributed by atoms with Crippen molar-refractivity contribution in [3.63, 3.8) is 0 Å². The lowest BCUT2D eigenvalue weighted by Crippen LogP contribution is -2.04. The first-order valence-corrected chi connectivity index (χ1v) is 6.87. The third-order valence-electron chi connectivity index (χ3n) is 2.86. The minimum Gasteiger partial charge on any atom is -0.469 e. The summed E-state index contributed by atoms with van der Waals surface area (Å²) in [6.07, 6.45) is 4.90. The van der Waals surface area contributed by atoms with Crippen LogP contribution < -0.4 is 0 Å². The summed E-state index contributed by atoms with van der Waals surface area (Å²) in [5.74, 6) is 1.07. The molecule has 1 unspecified atom stereocenters. The molecule has 0 radical (unpaired) electrons. The van der Waals surface area contributed by atoms with Gasteiger partial charge in [0.2, 0.25) is 0 Å². The number of hydrogen-bond acceptors (Lipinski definition) is 1. The molecule has 2 heteroatoms. The maximum Gasteiger partial charge on any atom is 0.103 e. The smallest absolute Gasteiger partial charge is 0.103 e. The first-order chi connectivity index (χ1) is 8.24. The maximum atomic E-state index is 5.33. The molecule has 1 nitrogen and oxygen atoms in total. The maximum absolute atomic E-state index is 5.33. The average molecular weight is 293 g/mol. The van der Waals surface area contributed by atoms with E-state index in [4.69, 9.17) is 4.42 Å². The van der Waals surface area contributed by atoms with Crippen molar-refractivity contribution in [3.8, 4) is 0 Å². The van der Waals surface area contributed by atoms with Crippen LogP contribution in [0.5, 0.6) is 0 Å². The summed E-state index contributed by atoms with van der Waals surface area (Å²) in [5.41, 5.74) is 2.70. The van der Waals surface area contributed by atoms with Gasteiger partial charge in [-0.3, -0.25) is 0 Å². The number of halogens is 1. The fourth-order valence-corrected chi connectivity index (χ4v) is 2.44. The topological polar surface area (TPSA) is 13.1 Å².